The predicted octanol–water partition coefficient (Wildman–Crippen LogP) is 1.39. The maximum atomic E-state index is 13.3. The van der Waals surface area contributed by atoms with Gasteiger partial charge in [0.05, 0.1) is 12.2 Å². The summed E-state index contributed by atoms with van der Waals surface area (Å²) in [6.07, 6.45) is 1.64. The van der Waals surface area contributed by atoms with Crippen molar-refractivity contribution in [1.29, 1.82) is 0 Å². The molecule has 1 heterocycles. The average Bonchev–Trinajstić information content (AvgIpc) is 2.51. The van der Waals surface area contributed by atoms with Crippen molar-refractivity contribution in [3.8, 4) is 0 Å². The van der Waals surface area contributed by atoms with Gasteiger partial charge in [0, 0.05) is 6.54 Å². The van der Waals surface area contributed by atoms with Gasteiger partial charge in [0.15, 0.2) is 0 Å². The van der Waals surface area contributed by atoms with Gasteiger partial charge in [0.1, 0.15) is 12.1 Å². The maximum absolute atomic E-state index is 13.3. The van der Waals surface area contributed by atoms with Gasteiger partial charge in [-0.05, 0) is 18.1 Å². The van der Waals surface area contributed by atoms with Crippen molar-refractivity contribution < 1.29 is 9.18 Å². The summed E-state index contributed by atoms with van der Waals surface area (Å²) in [5.74, 6) is -0.225. The van der Waals surface area contributed by atoms with Crippen molar-refractivity contribution in [2.24, 2.45) is 0 Å². The Labute approximate surface area is 76.0 Å². The number of carbonyl (C=O) groups is 1. The van der Waals surface area contributed by atoms with Crippen molar-refractivity contribution in [1.82, 2.24) is 0 Å². The van der Waals surface area contributed by atoms with Gasteiger partial charge >= 0.3 is 0 Å². The summed E-state index contributed by atoms with van der Waals surface area (Å²) < 4.78 is 13.3. The van der Waals surface area contributed by atoms with E-state index in [1.165, 1.54) is 6.07 Å². The van der Waals surface area contributed by atoms with E-state index in [0.29, 0.717) is 5.69 Å². The molecule has 0 fully saturated rings. The van der Waals surface area contributed by atoms with Gasteiger partial charge in [-0.15, -0.1) is 0 Å². The molecule has 0 aromatic heterocycles. The van der Waals surface area contributed by atoms with E-state index in [1.807, 2.05) is 6.07 Å². The number of fused-ring (bicyclic) bond motifs is 1. The van der Waals surface area contributed by atoms with E-state index in [0.717, 1.165) is 24.8 Å². The molecule has 68 valence electrons. The predicted molar refractivity (Wildman–Crippen MR) is 48.4 cm³/mol. The molecule has 13 heavy (non-hydrogen) atoms. The highest BCUT2D eigenvalue weighted by atomic mass is 19.1. The van der Waals surface area contributed by atoms with Crippen LogP contribution in [0, 0.1) is 5.82 Å². The van der Waals surface area contributed by atoms with Gasteiger partial charge < -0.3 is 9.69 Å². The smallest absolute Gasteiger partial charge is 0.146 e. The molecule has 3 heteroatoms. The number of aldehydes is 1. The van der Waals surface area contributed by atoms with E-state index < -0.39 is 0 Å². The van der Waals surface area contributed by atoms with E-state index in [9.17, 15) is 9.18 Å². The second kappa shape index (κ2) is 3.17. The first-order chi connectivity index (χ1) is 6.33. The summed E-state index contributed by atoms with van der Waals surface area (Å²) in [7, 11) is 0. The van der Waals surface area contributed by atoms with Crippen molar-refractivity contribution in [2.75, 3.05) is 18.0 Å². The first-order valence-corrected chi connectivity index (χ1v) is 4.29. The fourth-order valence-electron chi connectivity index (χ4n) is 1.76. The van der Waals surface area contributed by atoms with E-state index in [4.69, 9.17) is 0 Å². The van der Waals surface area contributed by atoms with Crippen LogP contribution in [0.25, 0.3) is 0 Å². The highest BCUT2D eigenvalue weighted by molar-refractivity contribution is 5.66. The second-order valence-electron chi connectivity index (χ2n) is 3.11. The minimum Gasteiger partial charge on any atom is -0.362 e. The molecule has 1 aromatic rings. The summed E-state index contributed by atoms with van der Waals surface area (Å²) in [4.78, 5) is 12.1. The van der Waals surface area contributed by atoms with Crippen LogP contribution < -0.4 is 4.90 Å². The SMILES string of the molecule is O=CCN1CCc2cccc(F)c21. The Balaban J connectivity index is 2.39. The third-order valence-corrected chi connectivity index (χ3v) is 2.33. The molecule has 0 saturated carbocycles. The lowest BCUT2D eigenvalue weighted by Crippen LogP contribution is -2.23. The molecular formula is C10H10FNO. The van der Waals surface area contributed by atoms with Crippen LogP contribution in [-0.4, -0.2) is 19.4 Å². The number of benzene rings is 1. The summed E-state index contributed by atoms with van der Waals surface area (Å²) in [5, 5.41) is 0. The quantitative estimate of drug-likeness (QED) is 0.639. The minimum atomic E-state index is -0.225. The molecule has 0 unspecified atom stereocenters. The zero-order chi connectivity index (χ0) is 9.26. The lowest BCUT2D eigenvalue weighted by molar-refractivity contribution is -0.106. The Bertz CT molecular complexity index is 338. The third-order valence-electron chi connectivity index (χ3n) is 2.33. The maximum Gasteiger partial charge on any atom is 0.146 e. The molecule has 1 aliphatic heterocycles. The molecular weight excluding hydrogens is 169 g/mol. The topological polar surface area (TPSA) is 20.3 Å². The Morgan fingerprint density at radius 2 is 2.38 bits per heavy atom. The van der Waals surface area contributed by atoms with Crippen molar-refractivity contribution in [3.63, 3.8) is 0 Å². The van der Waals surface area contributed by atoms with Gasteiger partial charge in [0.25, 0.3) is 0 Å². The van der Waals surface area contributed by atoms with E-state index >= 15 is 0 Å². The number of para-hydroxylation sites is 1. The average molecular weight is 179 g/mol. The Morgan fingerprint density at radius 1 is 1.54 bits per heavy atom. The fourth-order valence-corrected chi connectivity index (χ4v) is 1.76. The van der Waals surface area contributed by atoms with Crippen molar-refractivity contribution in [2.45, 2.75) is 6.42 Å². The third kappa shape index (κ3) is 1.30. The van der Waals surface area contributed by atoms with Crippen LogP contribution in [0.3, 0.4) is 0 Å². The molecule has 0 amide bonds. The molecule has 1 aromatic carbocycles. The standard InChI is InChI=1S/C10H10FNO/c11-9-3-1-2-8-4-5-12(6-7-13)10(8)9/h1-3,7H,4-6H2. The molecule has 0 bridgehead atoms. The highest BCUT2D eigenvalue weighted by Crippen LogP contribution is 2.29. The molecule has 0 aliphatic carbocycles. The second-order valence-corrected chi connectivity index (χ2v) is 3.11. The van der Waals surface area contributed by atoms with E-state index in [-0.39, 0.29) is 12.4 Å². The number of rotatable bonds is 2. The first kappa shape index (κ1) is 8.23. The van der Waals surface area contributed by atoms with Crippen LogP contribution in [0.15, 0.2) is 18.2 Å². The first-order valence-electron chi connectivity index (χ1n) is 4.29. The summed E-state index contributed by atoms with van der Waals surface area (Å²) in [6, 6.07) is 5.05. The summed E-state index contributed by atoms with van der Waals surface area (Å²) in [6.45, 7) is 1.03. The van der Waals surface area contributed by atoms with Crippen LogP contribution in [-0.2, 0) is 11.2 Å². The monoisotopic (exact) mass is 179 g/mol. The van der Waals surface area contributed by atoms with Crippen LogP contribution in [0.1, 0.15) is 5.56 Å². The largest absolute Gasteiger partial charge is 0.362 e. The van der Waals surface area contributed by atoms with E-state index in [1.54, 1.807) is 11.0 Å². The number of carbonyl (C=O) groups excluding carboxylic acids is 1. The summed E-state index contributed by atoms with van der Waals surface area (Å²) >= 11 is 0. The van der Waals surface area contributed by atoms with E-state index in [2.05, 4.69) is 0 Å². The number of hydrogen-bond acceptors (Lipinski definition) is 2. The van der Waals surface area contributed by atoms with Crippen molar-refractivity contribution >= 4 is 12.0 Å². The lowest BCUT2D eigenvalue weighted by atomic mass is 10.1. The molecule has 0 radical (unpaired) electrons. The lowest BCUT2D eigenvalue weighted by Gasteiger charge is -2.15. The molecule has 0 spiro atoms. The number of anilines is 1. The molecule has 1 aliphatic rings. The van der Waals surface area contributed by atoms with Gasteiger partial charge in [-0.25, -0.2) is 4.39 Å². The number of nitrogens with zero attached hydrogens (tertiary/aromatic N) is 1. The fraction of sp³-hybridized carbons (Fsp3) is 0.300. The van der Waals surface area contributed by atoms with Gasteiger partial charge in [0.2, 0.25) is 0 Å². The van der Waals surface area contributed by atoms with Crippen LogP contribution >= 0.6 is 0 Å². The molecule has 0 saturated heterocycles. The number of halogens is 1. The summed E-state index contributed by atoms with van der Waals surface area (Å²) in [5.41, 5.74) is 1.61. The zero-order valence-electron chi connectivity index (χ0n) is 7.16. The van der Waals surface area contributed by atoms with Gasteiger partial charge in [-0.1, -0.05) is 12.1 Å². The Hall–Kier alpha value is -1.38. The van der Waals surface area contributed by atoms with Gasteiger partial charge in [-0.3, -0.25) is 0 Å². The Morgan fingerprint density at radius 3 is 3.15 bits per heavy atom. The molecule has 0 N–H and O–H groups in total. The van der Waals surface area contributed by atoms with Crippen LogP contribution in [0.5, 0.6) is 0 Å². The molecule has 2 rings (SSSR count). The van der Waals surface area contributed by atoms with Crippen molar-refractivity contribution in [3.05, 3.63) is 29.6 Å². The number of hydrogen-bond donors (Lipinski definition) is 0. The zero-order valence-corrected chi connectivity index (χ0v) is 7.16. The van der Waals surface area contributed by atoms with Crippen LogP contribution in [0.2, 0.25) is 0 Å². The minimum absolute atomic E-state index is 0.225. The molecule has 2 nitrogen and oxygen atoms in total. The van der Waals surface area contributed by atoms with Crippen LogP contribution in [0.4, 0.5) is 10.1 Å². The highest BCUT2D eigenvalue weighted by Gasteiger charge is 2.21. The van der Waals surface area contributed by atoms with Gasteiger partial charge in [-0.2, -0.15) is 0 Å². The molecule has 0 atom stereocenters. The normalized spacial score (nSPS) is 14.4. The Kier molecular flexibility index (Phi) is 2.00.